The molecule has 0 spiro atoms. The smallest absolute Gasteiger partial charge is 0.232 e. The summed E-state index contributed by atoms with van der Waals surface area (Å²) in [4.78, 5) is 24.4. The number of hydrogen-bond donors (Lipinski definition) is 1. The van der Waals surface area contributed by atoms with Crippen molar-refractivity contribution in [1.29, 1.82) is 0 Å². The van der Waals surface area contributed by atoms with Gasteiger partial charge in [0.15, 0.2) is 0 Å². The molecule has 2 fully saturated rings. The fourth-order valence-corrected chi connectivity index (χ4v) is 4.62. The van der Waals surface area contributed by atoms with E-state index in [1.54, 1.807) is 6.20 Å². The average Bonchev–Trinajstić information content (AvgIpc) is 2.83. The van der Waals surface area contributed by atoms with Crippen LogP contribution in [0.1, 0.15) is 37.7 Å². The molecule has 1 aliphatic carbocycles. The number of carbonyl (C=O) groups is 1. The van der Waals surface area contributed by atoms with Gasteiger partial charge in [-0.2, -0.15) is 0 Å². The average molecular weight is 409 g/mol. The lowest BCUT2D eigenvalue weighted by molar-refractivity contribution is -0.123. The molecule has 0 radical (unpaired) electrons. The minimum absolute atomic E-state index is 0.0553. The van der Waals surface area contributed by atoms with Crippen LogP contribution in [0.3, 0.4) is 0 Å². The van der Waals surface area contributed by atoms with Gasteiger partial charge >= 0.3 is 0 Å². The Labute approximate surface area is 179 Å². The second-order valence-corrected chi connectivity index (χ2v) is 8.32. The largest absolute Gasteiger partial charge is 0.392 e. The number of aliphatic hydroxyl groups excluding tert-OH is 1. The Hall–Kier alpha value is -2.44. The Morgan fingerprint density at radius 2 is 1.73 bits per heavy atom. The fourth-order valence-electron chi connectivity index (χ4n) is 4.62. The van der Waals surface area contributed by atoms with E-state index in [-0.39, 0.29) is 18.4 Å². The molecule has 6 heteroatoms. The predicted octanol–water partition coefficient (Wildman–Crippen LogP) is 3.27. The first-order chi connectivity index (χ1) is 14.8. The van der Waals surface area contributed by atoms with Crippen molar-refractivity contribution in [3.8, 4) is 0 Å². The molecule has 0 unspecified atom stereocenters. The van der Waals surface area contributed by atoms with E-state index < -0.39 is 0 Å². The molecule has 1 saturated carbocycles. The molecule has 1 saturated heterocycles. The molecule has 4 rings (SSSR count). The van der Waals surface area contributed by atoms with Crippen molar-refractivity contribution in [1.82, 2.24) is 9.88 Å². The van der Waals surface area contributed by atoms with Gasteiger partial charge in [0.2, 0.25) is 5.91 Å². The van der Waals surface area contributed by atoms with Crippen LogP contribution >= 0.6 is 0 Å². The number of aliphatic hydroxyl groups is 1. The highest BCUT2D eigenvalue weighted by molar-refractivity contribution is 5.94. The zero-order valence-electron chi connectivity index (χ0n) is 17.6. The molecule has 0 atom stereocenters. The molecule has 1 amide bonds. The SMILES string of the molecule is O=C(C1CCCCC1)N(CN1CCN(c2ccccc2CO)CC1)c1ccccn1. The molecule has 1 aliphatic heterocycles. The summed E-state index contributed by atoms with van der Waals surface area (Å²) in [7, 11) is 0. The first-order valence-corrected chi connectivity index (χ1v) is 11.1. The fraction of sp³-hybridized carbons (Fsp3) is 0.500. The Bertz CT molecular complexity index is 815. The lowest BCUT2D eigenvalue weighted by Gasteiger charge is -2.39. The van der Waals surface area contributed by atoms with Crippen molar-refractivity contribution in [2.45, 2.75) is 38.7 Å². The Kier molecular flexibility index (Phi) is 6.97. The summed E-state index contributed by atoms with van der Waals surface area (Å²) < 4.78 is 0. The zero-order chi connectivity index (χ0) is 20.8. The molecule has 1 aromatic carbocycles. The lowest BCUT2D eigenvalue weighted by Crippen LogP contribution is -2.52. The van der Waals surface area contributed by atoms with Crippen LogP contribution in [0.15, 0.2) is 48.7 Å². The van der Waals surface area contributed by atoms with Gasteiger partial charge in [-0.25, -0.2) is 4.98 Å². The molecule has 6 nitrogen and oxygen atoms in total. The van der Waals surface area contributed by atoms with Crippen molar-refractivity contribution >= 4 is 17.4 Å². The molecule has 2 heterocycles. The third-order valence-corrected chi connectivity index (χ3v) is 6.36. The van der Waals surface area contributed by atoms with E-state index in [1.807, 2.05) is 41.3 Å². The molecule has 30 heavy (non-hydrogen) atoms. The standard InChI is InChI=1S/C24H32N4O2/c29-18-21-10-4-5-11-22(21)27-16-14-26(15-17-27)19-28(23-12-6-7-13-25-23)24(30)20-8-2-1-3-9-20/h4-7,10-13,20,29H,1-3,8-9,14-19H2. The van der Waals surface area contributed by atoms with Crippen LogP contribution in [-0.4, -0.2) is 53.7 Å². The molecule has 160 valence electrons. The quantitative estimate of drug-likeness (QED) is 0.795. The Morgan fingerprint density at radius 1 is 1.00 bits per heavy atom. The maximum Gasteiger partial charge on any atom is 0.232 e. The highest BCUT2D eigenvalue weighted by Gasteiger charge is 2.30. The summed E-state index contributed by atoms with van der Waals surface area (Å²) in [5, 5.41) is 9.64. The van der Waals surface area contributed by atoms with E-state index in [2.05, 4.69) is 20.9 Å². The van der Waals surface area contributed by atoms with Gasteiger partial charge in [-0.15, -0.1) is 0 Å². The second kappa shape index (κ2) is 10.0. The van der Waals surface area contributed by atoms with Crippen LogP contribution in [0.25, 0.3) is 0 Å². The minimum atomic E-state index is 0.0553. The predicted molar refractivity (Wildman–Crippen MR) is 119 cm³/mol. The van der Waals surface area contributed by atoms with Crippen molar-refractivity contribution in [2.75, 3.05) is 42.6 Å². The number of nitrogens with zero attached hydrogens (tertiary/aromatic N) is 4. The number of amides is 1. The van der Waals surface area contributed by atoms with E-state index in [1.165, 1.54) is 6.42 Å². The topological polar surface area (TPSA) is 59.9 Å². The second-order valence-electron chi connectivity index (χ2n) is 8.32. The monoisotopic (exact) mass is 408 g/mol. The number of pyridine rings is 1. The van der Waals surface area contributed by atoms with Gasteiger partial charge in [0.1, 0.15) is 5.82 Å². The maximum atomic E-state index is 13.4. The summed E-state index contributed by atoms with van der Waals surface area (Å²) >= 11 is 0. The van der Waals surface area contributed by atoms with Crippen molar-refractivity contribution in [2.24, 2.45) is 5.92 Å². The number of hydrogen-bond acceptors (Lipinski definition) is 5. The van der Waals surface area contributed by atoms with Gasteiger partial charge in [0, 0.05) is 49.5 Å². The summed E-state index contributed by atoms with van der Waals surface area (Å²) in [6, 6.07) is 13.8. The minimum Gasteiger partial charge on any atom is -0.392 e. The zero-order valence-corrected chi connectivity index (χ0v) is 17.6. The van der Waals surface area contributed by atoms with E-state index in [0.717, 1.165) is 68.9 Å². The van der Waals surface area contributed by atoms with Gasteiger partial charge < -0.3 is 10.0 Å². The number of piperazine rings is 1. The summed E-state index contributed by atoms with van der Waals surface area (Å²) in [6.07, 6.45) is 7.29. The first-order valence-electron chi connectivity index (χ1n) is 11.1. The van der Waals surface area contributed by atoms with Crippen LogP contribution < -0.4 is 9.80 Å². The van der Waals surface area contributed by atoms with E-state index in [4.69, 9.17) is 0 Å². The van der Waals surface area contributed by atoms with Crippen LogP contribution in [0.2, 0.25) is 0 Å². The van der Waals surface area contributed by atoms with E-state index in [0.29, 0.717) is 6.67 Å². The molecule has 2 aliphatic rings. The normalized spacial score (nSPS) is 18.4. The van der Waals surface area contributed by atoms with Gasteiger partial charge in [-0.3, -0.25) is 14.6 Å². The lowest BCUT2D eigenvalue weighted by atomic mass is 9.88. The highest BCUT2D eigenvalue weighted by atomic mass is 16.3. The highest BCUT2D eigenvalue weighted by Crippen LogP contribution is 2.28. The number of rotatable bonds is 6. The van der Waals surface area contributed by atoms with E-state index in [9.17, 15) is 9.90 Å². The molecule has 2 aromatic rings. The Balaban J connectivity index is 1.43. The summed E-state index contributed by atoms with van der Waals surface area (Å²) in [5.74, 6) is 1.10. The number of benzene rings is 1. The third kappa shape index (κ3) is 4.82. The summed E-state index contributed by atoms with van der Waals surface area (Å²) in [6.45, 7) is 4.15. The molecule has 1 N–H and O–H groups in total. The first kappa shape index (κ1) is 20.8. The molecular formula is C24H32N4O2. The van der Waals surface area contributed by atoms with Crippen LogP contribution in [0.4, 0.5) is 11.5 Å². The van der Waals surface area contributed by atoms with Gasteiger partial charge in [0.25, 0.3) is 0 Å². The van der Waals surface area contributed by atoms with Crippen molar-refractivity contribution in [3.63, 3.8) is 0 Å². The Morgan fingerprint density at radius 3 is 2.43 bits per heavy atom. The number of carbonyl (C=O) groups excluding carboxylic acids is 1. The molecule has 1 aromatic heterocycles. The van der Waals surface area contributed by atoms with Gasteiger partial charge in [0.05, 0.1) is 13.3 Å². The molecular weight excluding hydrogens is 376 g/mol. The maximum absolute atomic E-state index is 13.4. The number of aromatic nitrogens is 1. The van der Waals surface area contributed by atoms with Crippen LogP contribution in [0.5, 0.6) is 0 Å². The number of para-hydroxylation sites is 1. The van der Waals surface area contributed by atoms with Gasteiger partial charge in [-0.05, 0) is 31.0 Å². The molecule has 0 bridgehead atoms. The third-order valence-electron chi connectivity index (χ3n) is 6.36. The van der Waals surface area contributed by atoms with Crippen molar-refractivity contribution < 1.29 is 9.90 Å². The van der Waals surface area contributed by atoms with Crippen molar-refractivity contribution in [3.05, 3.63) is 54.2 Å². The van der Waals surface area contributed by atoms with E-state index >= 15 is 0 Å². The number of anilines is 2. The van der Waals surface area contributed by atoms with Crippen LogP contribution in [-0.2, 0) is 11.4 Å². The summed E-state index contributed by atoms with van der Waals surface area (Å²) in [5.41, 5.74) is 2.08. The van der Waals surface area contributed by atoms with Gasteiger partial charge in [-0.1, -0.05) is 43.5 Å². The van der Waals surface area contributed by atoms with Crippen LogP contribution in [0, 0.1) is 5.92 Å².